The Labute approximate surface area is 131 Å². The second-order valence-electron chi connectivity index (χ2n) is 5.69. The van der Waals surface area contributed by atoms with E-state index in [4.69, 9.17) is 0 Å². The van der Waals surface area contributed by atoms with Crippen molar-refractivity contribution in [1.82, 2.24) is 0 Å². The maximum atomic E-state index is 2.27. The third kappa shape index (κ3) is 2.93. The predicted octanol–water partition coefficient (Wildman–Crippen LogP) is 5.85. The summed E-state index contributed by atoms with van der Waals surface area (Å²) in [5.41, 5.74) is 6.77. The van der Waals surface area contributed by atoms with Gasteiger partial charge in [0.05, 0.1) is 0 Å². The molecule has 1 aromatic heterocycles. The first-order valence-electron chi connectivity index (χ1n) is 7.32. The van der Waals surface area contributed by atoms with Crippen LogP contribution in [0.5, 0.6) is 0 Å². The maximum Gasteiger partial charge on any atom is 0.0350 e. The van der Waals surface area contributed by atoms with Gasteiger partial charge in [0.15, 0.2) is 0 Å². The van der Waals surface area contributed by atoms with Crippen LogP contribution in [0.2, 0.25) is 0 Å². The van der Waals surface area contributed by atoms with E-state index in [1.165, 1.54) is 32.7 Å². The van der Waals surface area contributed by atoms with Crippen LogP contribution in [0.1, 0.15) is 38.6 Å². The molecular weight excluding hydrogens is 272 g/mol. The van der Waals surface area contributed by atoms with Gasteiger partial charge in [-0.05, 0) is 48.9 Å². The molecule has 0 amide bonds. The first kappa shape index (κ1) is 14.1. The Morgan fingerprint density at radius 3 is 1.52 bits per heavy atom. The summed E-state index contributed by atoms with van der Waals surface area (Å²) in [7, 11) is 0. The van der Waals surface area contributed by atoms with E-state index in [-0.39, 0.29) is 0 Å². The van der Waals surface area contributed by atoms with Crippen molar-refractivity contribution in [2.75, 3.05) is 0 Å². The lowest BCUT2D eigenvalue weighted by Crippen LogP contribution is -2.03. The van der Waals surface area contributed by atoms with Gasteiger partial charge in [0.1, 0.15) is 0 Å². The van der Waals surface area contributed by atoms with Crippen molar-refractivity contribution in [1.29, 1.82) is 0 Å². The lowest BCUT2D eigenvalue weighted by molar-refractivity contribution is 0.971. The van der Waals surface area contributed by atoms with Gasteiger partial charge in [-0.1, -0.05) is 59.7 Å². The molecule has 0 saturated heterocycles. The molecule has 0 unspecified atom stereocenters. The zero-order valence-electron chi connectivity index (χ0n) is 12.8. The Morgan fingerprint density at radius 1 is 0.667 bits per heavy atom. The lowest BCUT2D eigenvalue weighted by Gasteiger charge is -2.19. The molecule has 0 saturated carbocycles. The van der Waals surface area contributed by atoms with E-state index in [1.54, 1.807) is 0 Å². The summed E-state index contributed by atoms with van der Waals surface area (Å²) in [4.78, 5) is 1.40. The Morgan fingerprint density at radius 2 is 1.14 bits per heavy atom. The fraction of sp³-hybridized carbons (Fsp3) is 0.200. The van der Waals surface area contributed by atoms with E-state index in [1.807, 2.05) is 11.3 Å². The monoisotopic (exact) mass is 292 g/mol. The van der Waals surface area contributed by atoms with Crippen LogP contribution in [0.3, 0.4) is 0 Å². The summed E-state index contributed by atoms with van der Waals surface area (Å²) in [6, 6.07) is 20.1. The number of aryl methyl sites for hydroxylation is 3. The number of hydrogen-bond donors (Lipinski definition) is 0. The Bertz CT molecular complexity index is 672. The molecule has 3 aromatic rings. The molecule has 1 heteroatoms. The van der Waals surface area contributed by atoms with Crippen molar-refractivity contribution in [2.24, 2.45) is 0 Å². The average Bonchev–Trinajstić information content (AvgIpc) is 2.90. The Kier molecular flexibility index (Phi) is 3.94. The normalized spacial score (nSPS) is 11.0. The second-order valence-corrected chi connectivity index (χ2v) is 6.81. The van der Waals surface area contributed by atoms with Gasteiger partial charge in [-0.25, -0.2) is 0 Å². The molecular formula is C20H20S. The van der Waals surface area contributed by atoms with Crippen LogP contribution in [-0.4, -0.2) is 0 Å². The van der Waals surface area contributed by atoms with E-state index in [2.05, 4.69) is 80.7 Å². The maximum absolute atomic E-state index is 2.27. The third-order valence-electron chi connectivity index (χ3n) is 4.03. The molecule has 0 N–H and O–H groups in total. The summed E-state index contributed by atoms with van der Waals surface area (Å²) < 4.78 is 0. The van der Waals surface area contributed by atoms with E-state index in [0.29, 0.717) is 5.92 Å². The second kappa shape index (κ2) is 5.87. The number of benzene rings is 2. The van der Waals surface area contributed by atoms with Gasteiger partial charge in [0.2, 0.25) is 0 Å². The lowest BCUT2D eigenvalue weighted by atomic mass is 9.85. The summed E-state index contributed by atoms with van der Waals surface area (Å²) in [5.74, 6) is 0.331. The molecule has 0 aliphatic carbocycles. The van der Waals surface area contributed by atoms with E-state index in [0.717, 1.165) is 0 Å². The summed E-state index contributed by atoms with van der Waals surface area (Å²) in [5, 5.41) is 2.19. The van der Waals surface area contributed by atoms with E-state index >= 15 is 0 Å². The molecule has 0 radical (unpaired) electrons. The topological polar surface area (TPSA) is 0 Å². The van der Waals surface area contributed by atoms with Gasteiger partial charge in [0.25, 0.3) is 0 Å². The van der Waals surface area contributed by atoms with Gasteiger partial charge >= 0.3 is 0 Å². The number of rotatable bonds is 3. The Hall–Kier alpha value is -1.86. The van der Waals surface area contributed by atoms with Crippen LogP contribution < -0.4 is 0 Å². The average molecular weight is 292 g/mol. The largest absolute Gasteiger partial charge is 0.149 e. The molecule has 3 rings (SSSR count). The highest BCUT2D eigenvalue weighted by Gasteiger charge is 2.19. The standard InChI is InChI=1S/C20H20S/c1-14-4-8-17(9-5-14)20(19-12-13-21-16(19)3)18-10-6-15(2)7-11-18/h4-13,20H,1-3H3. The summed E-state index contributed by atoms with van der Waals surface area (Å²) in [6.45, 7) is 6.50. The third-order valence-corrected chi connectivity index (χ3v) is 4.89. The minimum atomic E-state index is 0.331. The molecule has 2 aromatic carbocycles. The zero-order chi connectivity index (χ0) is 14.8. The van der Waals surface area contributed by atoms with Gasteiger partial charge in [0, 0.05) is 10.8 Å². The minimum absolute atomic E-state index is 0.331. The first-order valence-corrected chi connectivity index (χ1v) is 8.20. The fourth-order valence-corrected chi connectivity index (χ4v) is 3.50. The molecule has 0 fully saturated rings. The predicted molar refractivity (Wildman–Crippen MR) is 92.4 cm³/mol. The molecule has 106 valence electrons. The SMILES string of the molecule is Cc1ccc(C(c2ccc(C)cc2)c2ccsc2C)cc1. The van der Waals surface area contributed by atoms with Crippen molar-refractivity contribution < 1.29 is 0 Å². The van der Waals surface area contributed by atoms with Gasteiger partial charge in [-0.2, -0.15) is 0 Å². The van der Waals surface area contributed by atoms with Crippen LogP contribution in [0.25, 0.3) is 0 Å². The molecule has 1 heterocycles. The molecule has 0 bridgehead atoms. The minimum Gasteiger partial charge on any atom is -0.149 e. The molecule has 21 heavy (non-hydrogen) atoms. The van der Waals surface area contributed by atoms with Crippen LogP contribution in [-0.2, 0) is 0 Å². The molecule has 0 aliphatic heterocycles. The van der Waals surface area contributed by atoms with Crippen LogP contribution in [0, 0.1) is 20.8 Å². The highest BCUT2D eigenvalue weighted by molar-refractivity contribution is 7.10. The number of hydrogen-bond acceptors (Lipinski definition) is 1. The quantitative estimate of drug-likeness (QED) is 0.567. The van der Waals surface area contributed by atoms with Crippen molar-refractivity contribution in [3.05, 3.63) is 92.7 Å². The smallest absolute Gasteiger partial charge is 0.0350 e. The van der Waals surface area contributed by atoms with Gasteiger partial charge in [-0.15, -0.1) is 11.3 Å². The van der Waals surface area contributed by atoms with E-state index in [9.17, 15) is 0 Å². The number of thiophene rings is 1. The van der Waals surface area contributed by atoms with Crippen molar-refractivity contribution >= 4 is 11.3 Å². The van der Waals surface area contributed by atoms with Crippen molar-refractivity contribution in [2.45, 2.75) is 26.7 Å². The first-order chi connectivity index (χ1) is 10.1. The highest BCUT2D eigenvalue weighted by atomic mass is 32.1. The highest BCUT2D eigenvalue weighted by Crippen LogP contribution is 2.35. The summed E-state index contributed by atoms with van der Waals surface area (Å²) >= 11 is 1.83. The molecule has 0 nitrogen and oxygen atoms in total. The van der Waals surface area contributed by atoms with E-state index < -0.39 is 0 Å². The Balaban J connectivity index is 2.13. The zero-order valence-corrected chi connectivity index (χ0v) is 13.6. The molecule has 0 spiro atoms. The van der Waals surface area contributed by atoms with Crippen LogP contribution >= 0.6 is 11.3 Å². The molecule has 0 aliphatic rings. The van der Waals surface area contributed by atoms with Crippen LogP contribution in [0.15, 0.2) is 60.0 Å². The fourth-order valence-electron chi connectivity index (χ4n) is 2.76. The van der Waals surface area contributed by atoms with Crippen molar-refractivity contribution in [3.63, 3.8) is 0 Å². The summed E-state index contributed by atoms with van der Waals surface area (Å²) in [6.07, 6.45) is 0. The van der Waals surface area contributed by atoms with Gasteiger partial charge < -0.3 is 0 Å². The molecule has 0 atom stereocenters. The van der Waals surface area contributed by atoms with Crippen molar-refractivity contribution in [3.8, 4) is 0 Å². The van der Waals surface area contributed by atoms with Crippen LogP contribution in [0.4, 0.5) is 0 Å². The van der Waals surface area contributed by atoms with Gasteiger partial charge in [-0.3, -0.25) is 0 Å².